The number of oxazole rings is 1. The molecule has 0 bridgehead atoms. The fourth-order valence-electron chi connectivity index (χ4n) is 13.1. The highest BCUT2D eigenvalue weighted by molar-refractivity contribution is 6.02. The summed E-state index contributed by atoms with van der Waals surface area (Å²) in [6.45, 7) is 10.5. The van der Waals surface area contributed by atoms with E-state index in [1.807, 2.05) is 101 Å². The van der Waals surface area contributed by atoms with Crippen molar-refractivity contribution in [2.75, 3.05) is 77.7 Å². The number of carbonyl (C=O) groups excluding carboxylic acids is 2. The first kappa shape index (κ1) is 70.5. The molecule has 1 aliphatic carbocycles. The van der Waals surface area contributed by atoms with E-state index in [0.717, 1.165) is 128 Å². The predicted octanol–water partition coefficient (Wildman–Crippen LogP) is 12.9. The summed E-state index contributed by atoms with van der Waals surface area (Å²) in [5.74, 6) is 4.70. The summed E-state index contributed by atoms with van der Waals surface area (Å²) in [7, 11) is 12.0. The molecule has 29 heteroatoms. The number of anilines is 6. The molecule has 2 amide bonds. The molecule has 29 nitrogen and oxygen atoms in total. The second-order valence-corrected chi connectivity index (χ2v) is 25.8. The quantitative estimate of drug-likeness (QED) is 0.0323. The summed E-state index contributed by atoms with van der Waals surface area (Å²) >= 11 is 0. The molecule has 3 aliphatic rings. The summed E-state index contributed by atoms with van der Waals surface area (Å²) in [4.78, 5) is 66.9. The number of nitrogens with one attached hydrogen (secondary N) is 9. The van der Waals surface area contributed by atoms with Crippen LogP contribution in [0.3, 0.4) is 0 Å². The van der Waals surface area contributed by atoms with Gasteiger partial charge in [-0.15, -0.1) is 0 Å². The van der Waals surface area contributed by atoms with Crippen molar-refractivity contribution < 1.29 is 47.2 Å². The maximum atomic E-state index is 12.1. The van der Waals surface area contributed by atoms with E-state index in [2.05, 4.69) is 86.7 Å². The summed E-state index contributed by atoms with van der Waals surface area (Å²) in [5, 5.41) is 24.7. The second-order valence-electron chi connectivity index (χ2n) is 25.8. The summed E-state index contributed by atoms with van der Waals surface area (Å²) in [6, 6.07) is 26.5. The minimum Gasteiger partial charge on any atom is -0.495 e. The van der Waals surface area contributed by atoms with E-state index in [1.54, 1.807) is 75.6 Å². The third kappa shape index (κ3) is 15.3. The van der Waals surface area contributed by atoms with E-state index in [0.29, 0.717) is 119 Å². The smallest absolute Gasteiger partial charge is 0.251 e. The van der Waals surface area contributed by atoms with Gasteiger partial charge in [-0.25, -0.2) is 4.98 Å². The van der Waals surface area contributed by atoms with Gasteiger partial charge < -0.3 is 89.0 Å². The average molecular weight is 1430 g/mol. The number of benzene rings is 4. The van der Waals surface area contributed by atoms with E-state index in [-0.39, 0.29) is 30.1 Å². The number of H-pyrrole nitrogens is 3. The number of aromatic amines is 3. The summed E-state index contributed by atoms with van der Waals surface area (Å²) < 4.78 is 50.8. The Kier molecular flexibility index (Phi) is 20.8. The van der Waals surface area contributed by atoms with Gasteiger partial charge in [0.25, 0.3) is 11.8 Å². The highest BCUT2D eigenvalue weighted by Gasteiger charge is 2.28. The van der Waals surface area contributed by atoms with Crippen molar-refractivity contribution in [1.29, 1.82) is 0 Å². The number of methoxy groups -OCH3 is 2. The van der Waals surface area contributed by atoms with Gasteiger partial charge in [-0.3, -0.25) is 14.3 Å². The van der Waals surface area contributed by atoms with E-state index in [1.165, 1.54) is 0 Å². The van der Waals surface area contributed by atoms with Crippen LogP contribution < -0.4 is 55.6 Å². The van der Waals surface area contributed by atoms with Crippen LogP contribution in [0.2, 0.25) is 0 Å². The van der Waals surface area contributed by atoms with Crippen LogP contribution in [0.15, 0.2) is 133 Å². The molecule has 1 atom stereocenters. The maximum Gasteiger partial charge on any atom is 0.251 e. The molecule has 0 radical (unpaired) electrons. The number of aromatic nitrogens is 13. The highest BCUT2D eigenvalue weighted by Crippen LogP contribution is 2.42. The van der Waals surface area contributed by atoms with E-state index < -0.39 is 0 Å². The Morgan fingerprint density at radius 3 is 1.56 bits per heavy atom. The zero-order valence-corrected chi connectivity index (χ0v) is 60.3. The number of amides is 2. The molecule has 106 heavy (non-hydrogen) atoms. The average Bonchev–Trinajstić information content (AvgIpc) is 1.62. The van der Waals surface area contributed by atoms with Gasteiger partial charge in [-0.05, 0) is 109 Å². The largest absolute Gasteiger partial charge is 0.495 e. The molecular weight excluding hydrogens is 1350 g/mol. The van der Waals surface area contributed by atoms with Crippen LogP contribution in [-0.4, -0.2) is 156 Å². The van der Waals surface area contributed by atoms with Gasteiger partial charge in [0.15, 0.2) is 11.5 Å². The molecular formula is C77H83N19O10. The number of carbonyl (C=O) groups is 2. The molecule has 4 aromatic carbocycles. The summed E-state index contributed by atoms with van der Waals surface area (Å²) in [6.07, 6.45) is 18.3. The fourth-order valence-corrected chi connectivity index (χ4v) is 13.1. The molecule has 3 fully saturated rings. The van der Waals surface area contributed by atoms with Crippen LogP contribution in [-0.2, 0) is 23.6 Å². The van der Waals surface area contributed by atoms with Crippen LogP contribution in [0.5, 0.6) is 29.1 Å². The van der Waals surface area contributed by atoms with E-state index in [9.17, 15) is 9.59 Å². The first-order chi connectivity index (χ1) is 51.6. The van der Waals surface area contributed by atoms with Crippen molar-refractivity contribution in [3.8, 4) is 62.5 Å². The molecule has 0 spiro atoms. The lowest BCUT2D eigenvalue weighted by Crippen LogP contribution is -2.26. The molecule has 2 aliphatic heterocycles. The van der Waals surface area contributed by atoms with Gasteiger partial charge in [0.2, 0.25) is 35.5 Å². The molecule has 1 saturated carbocycles. The lowest BCUT2D eigenvalue weighted by Gasteiger charge is -2.23. The van der Waals surface area contributed by atoms with Crippen molar-refractivity contribution in [3.63, 3.8) is 0 Å². The SMILES string of the molecule is C=C(NC)c1ccc(-c2c[nH]c3nc(Nc4ccnn4C)nc(OC4CCOCC4)c23)cc1.CNC(=O)c1ccc(Nc2nc(OC3CCCC3)c3c(-c4cc(C)c5nc(C)oc5c4)c[nH]c3n2)c(OC)c1.CNC(=O)c1ccc(Nc2nc(O[C@H]3CCOC3)c3c(-c4ccn(C)c4)c[nH]c3n2)c(OC)c1. The normalized spacial score (nSPS) is 14.5. The first-order valence-corrected chi connectivity index (χ1v) is 35.0. The molecule has 16 rings (SSSR count). The number of rotatable bonds is 21. The lowest BCUT2D eigenvalue weighted by atomic mass is 10.0. The molecule has 0 unspecified atom stereocenters. The lowest BCUT2D eigenvalue weighted by molar-refractivity contribution is 0.0244. The Hall–Kier alpha value is -12.5. The van der Waals surface area contributed by atoms with Crippen molar-refractivity contribution in [2.45, 2.75) is 77.1 Å². The number of aryl methyl sites for hydroxylation is 4. The van der Waals surface area contributed by atoms with Gasteiger partial charge in [0.05, 0.1) is 74.4 Å². The standard InChI is InChI=1S/C29H30N6O4.C24H27N7O2.C24H26N6O4/c1-15-11-18(13-23-25(15)32-16(2)38-23)20-14-31-26-24(20)28(39-19-7-5-6-8-19)35-29(34-26)33-21-10-9-17(27(36)30-3)12-22(21)37-4;1-15(25-2)16-4-6-17(7-5-16)19-14-26-22-21(19)23(33-18-9-12-32-13-10-18)30-24(29-22)28-20-8-11-27-31(20)3;1-25-22(31)14-4-5-18(19(10-14)32-3)27-24-28-21-20(23(29-24)34-16-7-9-33-13-16)17(11-26-21)15-6-8-30(2)12-15/h9-14,19H,5-8H2,1-4H3,(H,30,36)(H2,31,33,34,35);4-8,11,14,18,25H,1,9-10,12-13H2,2-3H3,(H2,26,28,29,30);4-6,8,10-12,16H,7,9,13H2,1-3H3,(H,25,31)(H2,26,27,28,29)/t;;16-/m..0/s1. The Morgan fingerprint density at radius 1 is 0.547 bits per heavy atom. The Labute approximate surface area is 609 Å². The Balaban J connectivity index is 0.000000134. The maximum absolute atomic E-state index is 12.1. The van der Waals surface area contributed by atoms with Gasteiger partial charge in [-0.1, -0.05) is 30.8 Å². The number of fused-ring (bicyclic) bond motifs is 4. The zero-order valence-electron chi connectivity index (χ0n) is 60.3. The van der Waals surface area contributed by atoms with E-state index in [4.69, 9.17) is 62.5 Å². The minimum absolute atomic E-state index is 0.0467. The van der Waals surface area contributed by atoms with Crippen molar-refractivity contribution in [1.82, 2.24) is 80.1 Å². The van der Waals surface area contributed by atoms with Crippen LogP contribution in [0.1, 0.15) is 82.7 Å². The number of ether oxygens (including phenoxy) is 7. The number of hydrogen-bond acceptors (Lipinski definition) is 22. The highest BCUT2D eigenvalue weighted by atomic mass is 16.6. The number of hydrogen-bond donors (Lipinski definition) is 9. The van der Waals surface area contributed by atoms with Crippen molar-refractivity contribution >= 4 is 96.7 Å². The molecule has 13 aromatic rings. The molecule has 546 valence electrons. The molecule has 9 aromatic heterocycles. The van der Waals surface area contributed by atoms with Gasteiger partial charge in [-0.2, -0.15) is 35.0 Å². The van der Waals surface area contributed by atoms with Crippen LogP contribution in [0, 0.1) is 13.8 Å². The van der Waals surface area contributed by atoms with Gasteiger partial charge in [0, 0.05) is 138 Å². The van der Waals surface area contributed by atoms with Gasteiger partial charge in [0.1, 0.15) is 58.1 Å². The third-order valence-electron chi connectivity index (χ3n) is 18.7. The second kappa shape index (κ2) is 31.2. The zero-order chi connectivity index (χ0) is 73.5. The van der Waals surface area contributed by atoms with Gasteiger partial charge >= 0.3 is 0 Å². The van der Waals surface area contributed by atoms with Crippen LogP contribution in [0.25, 0.3) is 83.3 Å². The fraction of sp³-hybridized carbons (Fsp3) is 0.299. The monoisotopic (exact) mass is 1430 g/mol. The van der Waals surface area contributed by atoms with E-state index >= 15 is 0 Å². The Morgan fingerprint density at radius 2 is 1.06 bits per heavy atom. The molecule has 9 N–H and O–H groups in total. The van der Waals surface area contributed by atoms with Crippen LogP contribution >= 0.6 is 0 Å². The topological polar surface area (TPSA) is 344 Å². The minimum atomic E-state index is -0.197. The Bertz CT molecular complexity index is 5350. The predicted molar refractivity (Wildman–Crippen MR) is 405 cm³/mol. The third-order valence-corrected chi connectivity index (χ3v) is 18.7. The summed E-state index contributed by atoms with van der Waals surface area (Å²) in [5.41, 5.74) is 14.7. The molecule has 11 heterocycles. The van der Waals surface area contributed by atoms with Crippen molar-refractivity contribution in [3.05, 3.63) is 157 Å². The molecule has 2 saturated heterocycles. The first-order valence-electron chi connectivity index (χ1n) is 35.0. The van der Waals surface area contributed by atoms with Crippen LogP contribution in [0.4, 0.5) is 35.0 Å². The van der Waals surface area contributed by atoms with Crippen molar-refractivity contribution in [2.24, 2.45) is 14.1 Å². The number of nitrogens with zero attached hydrogens (tertiary/aromatic N) is 10.